The van der Waals surface area contributed by atoms with Gasteiger partial charge >= 0.3 is 0 Å². The molecule has 2 rings (SSSR count). The lowest BCUT2D eigenvalue weighted by Gasteiger charge is -2.34. The first-order valence-electron chi connectivity index (χ1n) is 5.72. The van der Waals surface area contributed by atoms with Crippen molar-refractivity contribution in [2.45, 2.75) is 47.5 Å². The van der Waals surface area contributed by atoms with Crippen molar-refractivity contribution >= 4 is 0 Å². The summed E-state index contributed by atoms with van der Waals surface area (Å²) in [6.45, 7) is 15.4. The maximum absolute atomic E-state index is 4.24. The minimum Gasteiger partial charge on any atom is -0.0990 e. The molecule has 2 aliphatic rings. The molecular weight excluding hydrogens is 156 g/mol. The van der Waals surface area contributed by atoms with E-state index in [1.165, 1.54) is 18.4 Å². The Balaban J connectivity index is 0.000000396. The zero-order chi connectivity index (χ0) is 10.2. The van der Waals surface area contributed by atoms with E-state index < -0.39 is 0 Å². The highest BCUT2D eigenvalue weighted by Gasteiger charge is 2.50. The fourth-order valence-corrected chi connectivity index (χ4v) is 3.06. The Morgan fingerprint density at radius 3 is 2.08 bits per heavy atom. The topological polar surface area (TPSA) is 0 Å². The van der Waals surface area contributed by atoms with Crippen molar-refractivity contribution in [2.75, 3.05) is 0 Å². The van der Waals surface area contributed by atoms with Crippen LogP contribution in [0.3, 0.4) is 0 Å². The smallest absolute Gasteiger partial charge is 0.0116 e. The summed E-state index contributed by atoms with van der Waals surface area (Å²) in [5.74, 6) is 2.71. The van der Waals surface area contributed by atoms with Crippen LogP contribution in [0, 0.1) is 23.2 Å². The molecule has 0 N–H and O–H groups in total. The van der Waals surface area contributed by atoms with Crippen LogP contribution in [0.4, 0.5) is 0 Å². The zero-order valence-electron chi connectivity index (χ0n) is 9.85. The molecule has 0 aromatic heterocycles. The average Bonchev–Trinajstić information content (AvgIpc) is 2.57. The first-order chi connectivity index (χ1) is 6.03. The molecule has 0 heterocycles. The van der Waals surface area contributed by atoms with E-state index in [1.807, 2.05) is 13.8 Å². The van der Waals surface area contributed by atoms with Gasteiger partial charge in [0.2, 0.25) is 0 Å². The molecule has 2 aliphatic carbocycles. The molecular formula is C13H24. The minimum atomic E-state index is 0.456. The molecule has 2 bridgehead atoms. The Morgan fingerprint density at radius 1 is 1.23 bits per heavy atom. The Labute approximate surface area is 83.4 Å². The summed E-state index contributed by atoms with van der Waals surface area (Å²) in [5.41, 5.74) is 1.98. The van der Waals surface area contributed by atoms with Gasteiger partial charge in [0.1, 0.15) is 0 Å². The van der Waals surface area contributed by atoms with Crippen molar-refractivity contribution in [3.8, 4) is 0 Å². The van der Waals surface area contributed by atoms with Crippen LogP contribution < -0.4 is 0 Å². The third-order valence-electron chi connectivity index (χ3n) is 4.18. The molecule has 0 amide bonds. The number of hydrogen-bond acceptors (Lipinski definition) is 0. The summed E-state index contributed by atoms with van der Waals surface area (Å²) >= 11 is 0. The highest BCUT2D eigenvalue weighted by atomic mass is 14.6. The quantitative estimate of drug-likeness (QED) is 0.488. The van der Waals surface area contributed by atoms with Gasteiger partial charge in [0.15, 0.2) is 0 Å². The molecule has 0 saturated heterocycles. The van der Waals surface area contributed by atoms with Gasteiger partial charge in [0.25, 0.3) is 0 Å². The predicted octanol–water partition coefficient (Wildman–Crippen LogP) is 4.27. The summed E-state index contributed by atoms with van der Waals surface area (Å²) in [7, 11) is 0. The molecule has 0 aromatic carbocycles. The van der Waals surface area contributed by atoms with Gasteiger partial charge in [-0.1, -0.05) is 46.8 Å². The normalized spacial score (nSPS) is 40.1. The second kappa shape index (κ2) is 3.48. The van der Waals surface area contributed by atoms with Gasteiger partial charge in [0, 0.05) is 0 Å². The molecule has 0 aliphatic heterocycles. The Kier molecular flexibility index (Phi) is 2.89. The monoisotopic (exact) mass is 180 g/mol. The fraction of sp³-hybridized carbons (Fsp3) is 0.846. The summed E-state index contributed by atoms with van der Waals surface area (Å²) in [6, 6.07) is 0. The van der Waals surface area contributed by atoms with Crippen LogP contribution in [0.2, 0.25) is 0 Å². The van der Waals surface area contributed by atoms with Crippen molar-refractivity contribution in [2.24, 2.45) is 23.2 Å². The maximum Gasteiger partial charge on any atom is -0.0116 e. The van der Waals surface area contributed by atoms with E-state index in [0.29, 0.717) is 5.41 Å². The first-order valence-corrected chi connectivity index (χ1v) is 5.72. The zero-order valence-corrected chi connectivity index (χ0v) is 9.85. The van der Waals surface area contributed by atoms with Crippen molar-refractivity contribution < 1.29 is 0 Å². The van der Waals surface area contributed by atoms with E-state index in [4.69, 9.17) is 0 Å². The number of allylic oxidation sites excluding steroid dienone is 1. The number of fused-ring (bicyclic) bond motifs is 2. The first kappa shape index (κ1) is 10.8. The summed E-state index contributed by atoms with van der Waals surface area (Å²) in [6.07, 6.45) is 2.86. The van der Waals surface area contributed by atoms with Crippen molar-refractivity contribution in [1.82, 2.24) is 0 Å². The lowest BCUT2D eigenvalue weighted by atomic mass is 9.70. The molecule has 13 heavy (non-hydrogen) atoms. The van der Waals surface area contributed by atoms with Gasteiger partial charge in [-0.25, -0.2) is 0 Å². The molecule has 3 unspecified atom stereocenters. The number of rotatable bonds is 0. The molecule has 0 spiro atoms. The van der Waals surface area contributed by atoms with Crippen molar-refractivity contribution in [1.29, 1.82) is 0 Å². The van der Waals surface area contributed by atoms with Crippen LogP contribution in [0.1, 0.15) is 47.5 Å². The van der Waals surface area contributed by atoms with E-state index >= 15 is 0 Å². The minimum absolute atomic E-state index is 0.456. The van der Waals surface area contributed by atoms with Crippen molar-refractivity contribution in [3.63, 3.8) is 0 Å². The van der Waals surface area contributed by atoms with E-state index in [-0.39, 0.29) is 0 Å². The molecule has 2 saturated carbocycles. The third-order valence-corrected chi connectivity index (χ3v) is 4.18. The Bertz CT molecular complexity index is 200. The highest BCUT2D eigenvalue weighted by molar-refractivity contribution is 5.24. The second-order valence-electron chi connectivity index (χ2n) is 5.00. The van der Waals surface area contributed by atoms with Crippen LogP contribution in [0.15, 0.2) is 12.2 Å². The highest BCUT2D eigenvalue weighted by Crippen LogP contribution is 2.60. The third kappa shape index (κ3) is 1.45. The van der Waals surface area contributed by atoms with Crippen LogP contribution in [-0.2, 0) is 0 Å². The van der Waals surface area contributed by atoms with Gasteiger partial charge in [-0.2, -0.15) is 0 Å². The lowest BCUT2D eigenvalue weighted by Crippen LogP contribution is -2.25. The summed E-state index contributed by atoms with van der Waals surface area (Å²) < 4.78 is 0. The van der Waals surface area contributed by atoms with Gasteiger partial charge in [-0.15, -0.1) is 0 Å². The molecule has 0 heteroatoms. The molecule has 76 valence electrons. The molecule has 0 radical (unpaired) electrons. The lowest BCUT2D eigenvalue weighted by molar-refractivity contribution is 0.255. The predicted molar refractivity (Wildman–Crippen MR) is 59.6 cm³/mol. The maximum atomic E-state index is 4.24. The average molecular weight is 180 g/mol. The van der Waals surface area contributed by atoms with Gasteiger partial charge in [-0.3, -0.25) is 0 Å². The van der Waals surface area contributed by atoms with Crippen LogP contribution in [0.5, 0.6) is 0 Å². The van der Waals surface area contributed by atoms with Gasteiger partial charge in [-0.05, 0) is 36.0 Å². The SMILES string of the molecule is C=C1C2CC(CC2C)C1(C)C.CC. The van der Waals surface area contributed by atoms with Crippen LogP contribution >= 0.6 is 0 Å². The van der Waals surface area contributed by atoms with Crippen LogP contribution in [0.25, 0.3) is 0 Å². The molecule has 2 fully saturated rings. The molecule has 3 atom stereocenters. The van der Waals surface area contributed by atoms with Crippen molar-refractivity contribution in [3.05, 3.63) is 12.2 Å². The fourth-order valence-electron chi connectivity index (χ4n) is 3.06. The Morgan fingerprint density at radius 2 is 1.77 bits per heavy atom. The summed E-state index contributed by atoms with van der Waals surface area (Å²) in [5, 5.41) is 0. The largest absolute Gasteiger partial charge is 0.0990 e. The molecule has 0 nitrogen and oxygen atoms in total. The van der Waals surface area contributed by atoms with E-state index in [0.717, 1.165) is 17.8 Å². The second-order valence-corrected chi connectivity index (χ2v) is 5.00. The van der Waals surface area contributed by atoms with E-state index in [2.05, 4.69) is 27.4 Å². The molecule has 0 aromatic rings. The summed E-state index contributed by atoms with van der Waals surface area (Å²) in [4.78, 5) is 0. The standard InChI is InChI=1S/C11H18.C2H6/c1-7-5-9-6-10(7)8(2)11(9,3)4;1-2/h7,9-10H,2,5-6H2,1,3-4H3;1-2H3. The van der Waals surface area contributed by atoms with Gasteiger partial charge in [0.05, 0.1) is 0 Å². The Hall–Kier alpha value is -0.260. The van der Waals surface area contributed by atoms with Crippen LogP contribution in [-0.4, -0.2) is 0 Å². The van der Waals surface area contributed by atoms with Gasteiger partial charge < -0.3 is 0 Å². The number of hydrogen-bond donors (Lipinski definition) is 0. The van der Waals surface area contributed by atoms with E-state index in [9.17, 15) is 0 Å². The van der Waals surface area contributed by atoms with E-state index in [1.54, 1.807) is 0 Å².